The molecule has 166 valence electrons. The predicted molar refractivity (Wildman–Crippen MR) is 127 cm³/mol. The molecule has 3 aromatic rings. The third kappa shape index (κ3) is 4.43. The number of nitrogens with one attached hydrogen (secondary N) is 2. The van der Waals surface area contributed by atoms with E-state index in [-0.39, 0.29) is 21.5 Å². The quantitative estimate of drug-likeness (QED) is 0.520. The number of hydrogen-bond acceptors (Lipinski definition) is 5. The number of aryl methyl sites for hydroxylation is 1. The van der Waals surface area contributed by atoms with Crippen molar-refractivity contribution in [1.82, 2.24) is 5.43 Å². The summed E-state index contributed by atoms with van der Waals surface area (Å²) in [6.07, 6.45) is 0.786. The monoisotopic (exact) mass is 470 g/mol. The maximum Gasteiger partial charge on any atom is 0.271 e. The summed E-state index contributed by atoms with van der Waals surface area (Å²) in [4.78, 5) is 13.0. The summed E-state index contributed by atoms with van der Waals surface area (Å²) in [5, 5.41) is 10.2. The molecule has 0 saturated carbocycles. The third-order valence-electron chi connectivity index (χ3n) is 5.35. The van der Waals surface area contributed by atoms with Gasteiger partial charge >= 0.3 is 0 Å². The van der Waals surface area contributed by atoms with Crippen LogP contribution in [0, 0.1) is 6.92 Å². The van der Waals surface area contributed by atoms with Crippen LogP contribution in [0.3, 0.4) is 0 Å². The molecular formula is C23H23ClN4O3S. The van der Waals surface area contributed by atoms with Gasteiger partial charge in [0.2, 0.25) is 10.0 Å². The molecule has 1 atom stereocenters. The van der Waals surface area contributed by atoms with E-state index in [2.05, 4.69) is 10.7 Å². The molecule has 0 aromatic heterocycles. The Hall–Kier alpha value is -3.07. The van der Waals surface area contributed by atoms with Crippen LogP contribution in [0.15, 0.2) is 65.6 Å². The fourth-order valence-electron chi connectivity index (χ4n) is 3.85. The minimum Gasteiger partial charge on any atom is -0.355 e. The van der Waals surface area contributed by atoms with E-state index in [0.717, 1.165) is 28.9 Å². The Kier molecular flexibility index (Phi) is 5.85. The van der Waals surface area contributed by atoms with Crippen molar-refractivity contribution in [1.29, 1.82) is 0 Å². The fraction of sp³-hybridized carbons (Fsp3) is 0.174. The second-order valence-electron chi connectivity index (χ2n) is 7.86. The van der Waals surface area contributed by atoms with Gasteiger partial charge in [-0.25, -0.2) is 13.6 Å². The van der Waals surface area contributed by atoms with Gasteiger partial charge in [0.15, 0.2) is 0 Å². The number of halogens is 1. The number of rotatable bonds is 5. The molecule has 1 amide bonds. The molecule has 1 heterocycles. The Morgan fingerprint density at radius 1 is 1.12 bits per heavy atom. The number of hydrogen-bond donors (Lipinski definition) is 3. The molecule has 1 aliphatic rings. The zero-order valence-electron chi connectivity index (χ0n) is 17.6. The standard InChI is InChI=1S/C23H23ClN4O3S/c1-14-6-5-8-17(10-14)26-20-13-19(24)22(32(25,30)31)12-18(20)23(29)27-28-15(2)11-16-7-3-4-9-21(16)28/h3-10,12-13,15,26H,11H2,1-2H3,(H,27,29)(H2,25,30,31). The van der Waals surface area contributed by atoms with Crippen molar-refractivity contribution in [3.63, 3.8) is 0 Å². The molecule has 4 rings (SSSR count). The summed E-state index contributed by atoms with van der Waals surface area (Å²) < 4.78 is 24.1. The topological polar surface area (TPSA) is 105 Å². The highest BCUT2D eigenvalue weighted by Crippen LogP contribution is 2.33. The van der Waals surface area contributed by atoms with Crippen LogP contribution < -0.4 is 20.9 Å². The second-order valence-corrected chi connectivity index (χ2v) is 9.80. The number of carbonyl (C=O) groups excluding carboxylic acids is 1. The lowest BCUT2D eigenvalue weighted by Gasteiger charge is -2.26. The number of anilines is 3. The van der Waals surface area contributed by atoms with Gasteiger partial charge in [-0.15, -0.1) is 0 Å². The molecule has 3 aromatic carbocycles. The average Bonchev–Trinajstić information content (AvgIpc) is 3.02. The van der Waals surface area contributed by atoms with E-state index in [4.69, 9.17) is 16.7 Å². The van der Waals surface area contributed by atoms with Crippen LogP contribution in [0.25, 0.3) is 0 Å². The Morgan fingerprint density at radius 2 is 1.88 bits per heavy atom. The van der Waals surface area contributed by atoms with E-state index < -0.39 is 15.9 Å². The number of fused-ring (bicyclic) bond motifs is 1. The molecule has 0 saturated heterocycles. The number of hydrazine groups is 1. The van der Waals surface area contributed by atoms with Crippen molar-refractivity contribution in [3.05, 3.63) is 82.4 Å². The van der Waals surface area contributed by atoms with Gasteiger partial charge in [-0.1, -0.05) is 41.9 Å². The van der Waals surface area contributed by atoms with E-state index in [0.29, 0.717) is 5.69 Å². The van der Waals surface area contributed by atoms with Gasteiger partial charge in [-0.3, -0.25) is 15.2 Å². The van der Waals surface area contributed by atoms with Crippen molar-refractivity contribution >= 4 is 44.6 Å². The number of primary sulfonamides is 1. The third-order valence-corrected chi connectivity index (χ3v) is 6.73. The summed E-state index contributed by atoms with van der Waals surface area (Å²) in [5.74, 6) is -0.481. The maximum absolute atomic E-state index is 13.4. The average molecular weight is 471 g/mol. The first-order chi connectivity index (χ1) is 15.1. The lowest BCUT2D eigenvalue weighted by atomic mass is 10.1. The van der Waals surface area contributed by atoms with Crippen molar-refractivity contribution in [3.8, 4) is 0 Å². The van der Waals surface area contributed by atoms with Crippen LogP contribution in [0.5, 0.6) is 0 Å². The van der Waals surface area contributed by atoms with E-state index in [1.807, 2.05) is 62.4 Å². The maximum atomic E-state index is 13.4. The van der Waals surface area contributed by atoms with E-state index in [9.17, 15) is 13.2 Å². The fourth-order valence-corrected chi connectivity index (χ4v) is 4.95. The van der Waals surface area contributed by atoms with Crippen LogP contribution in [0.4, 0.5) is 17.1 Å². The largest absolute Gasteiger partial charge is 0.355 e. The van der Waals surface area contributed by atoms with Gasteiger partial charge in [-0.05, 0) is 61.7 Å². The molecule has 0 bridgehead atoms. The van der Waals surface area contributed by atoms with Crippen LogP contribution in [0.2, 0.25) is 5.02 Å². The van der Waals surface area contributed by atoms with Crippen LogP contribution in [-0.2, 0) is 16.4 Å². The molecule has 1 unspecified atom stereocenters. The van der Waals surface area contributed by atoms with Crippen molar-refractivity contribution < 1.29 is 13.2 Å². The number of sulfonamides is 1. The molecule has 9 heteroatoms. The molecule has 7 nitrogen and oxygen atoms in total. The lowest BCUT2D eigenvalue weighted by Crippen LogP contribution is -2.45. The van der Waals surface area contributed by atoms with E-state index in [1.54, 1.807) is 5.01 Å². The number of benzene rings is 3. The summed E-state index contributed by atoms with van der Waals surface area (Å²) in [7, 11) is -4.13. The van der Waals surface area contributed by atoms with Crippen molar-refractivity contribution in [2.45, 2.75) is 31.2 Å². The van der Waals surface area contributed by atoms with Gasteiger partial charge in [-0.2, -0.15) is 0 Å². The Balaban J connectivity index is 1.74. The van der Waals surface area contributed by atoms with Crippen molar-refractivity contribution in [2.24, 2.45) is 5.14 Å². The summed E-state index contributed by atoms with van der Waals surface area (Å²) in [6, 6.07) is 18.0. The molecule has 0 radical (unpaired) electrons. The minimum atomic E-state index is -4.13. The first-order valence-electron chi connectivity index (χ1n) is 10.0. The van der Waals surface area contributed by atoms with Gasteiger partial charge < -0.3 is 5.32 Å². The Morgan fingerprint density at radius 3 is 2.59 bits per heavy atom. The van der Waals surface area contributed by atoms with Gasteiger partial charge in [0.25, 0.3) is 5.91 Å². The number of nitrogens with two attached hydrogens (primary N) is 1. The SMILES string of the molecule is Cc1cccc(Nc2cc(Cl)c(S(N)(=O)=O)cc2C(=O)NN2c3ccccc3CC2C)c1. The predicted octanol–water partition coefficient (Wildman–Crippen LogP) is 4.14. The normalized spacial score (nSPS) is 15.4. The number of para-hydroxylation sites is 1. The highest BCUT2D eigenvalue weighted by Gasteiger charge is 2.29. The van der Waals surface area contributed by atoms with E-state index >= 15 is 0 Å². The smallest absolute Gasteiger partial charge is 0.271 e. The molecule has 1 aliphatic heterocycles. The van der Waals surface area contributed by atoms with E-state index in [1.165, 1.54) is 12.1 Å². The molecule has 32 heavy (non-hydrogen) atoms. The number of nitrogens with zero attached hydrogens (tertiary/aromatic N) is 1. The second kappa shape index (κ2) is 8.46. The Labute approximate surface area is 192 Å². The number of carbonyl (C=O) groups is 1. The Bertz CT molecular complexity index is 1310. The highest BCUT2D eigenvalue weighted by molar-refractivity contribution is 7.89. The molecule has 0 spiro atoms. The molecular weight excluding hydrogens is 448 g/mol. The summed E-state index contributed by atoms with van der Waals surface area (Å²) >= 11 is 6.21. The van der Waals surface area contributed by atoms with Gasteiger partial charge in [0, 0.05) is 5.69 Å². The lowest BCUT2D eigenvalue weighted by molar-refractivity contribution is 0.0947. The first-order valence-corrected chi connectivity index (χ1v) is 11.9. The molecule has 0 aliphatic carbocycles. The van der Waals surface area contributed by atoms with Crippen LogP contribution in [0.1, 0.15) is 28.4 Å². The van der Waals surface area contributed by atoms with Gasteiger partial charge in [0.05, 0.1) is 28.0 Å². The minimum absolute atomic E-state index is 0.0366. The summed E-state index contributed by atoms with van der Waals surface area (Å²) in [6.45, 7) is 3.95. The zero-order valence-corrected chi connectivity index (χ0v) is 19.2. The summed E-state index contributed by atoms with van der Waals surface area (Å²) in [5.41, 5.74) is 7.17. The first kappa shape index (κ1) is 22.1. The molecule has 0 fully saturated rings. The highest BCUT2D eigenvalue weighted by atomic mass is 35.5. The zero-order chi connectivity index (χ0) is 23.0. The van der Waals surface area contributed by atoms with Crippen LogP contribution >= 0.6 is 11.6 Å². The van der Waals surface area contributed by atoms with Gasteiger partial charge in [0.1, 0.15) is 4.90 Å². The van der Waals surface area contributed by atoms with Crippen molar-refractivity contribution in [2.75, 3.05) is 10.3 Å². The molecule has 4 N–H and O–H groups in total. The number of amides is 1. The van der Waals surface area contributed by atoms with Crippen LogP contribution in [-0.4, -0.2) is 20.4 Å².